The van der Waals surface area contributed by atoms with Gasteiger partial charge in [0.1, 0.15) is 5.78 Å². The highest BCUT2D eigenvalue weighted by atomic mass is 28.4. The lowest BCUT2D eigenvalue weighted by atomic mass is 9.88. The summed E-state index contributed by atoms with van der Waals surface area (Å²) in [5.41, 5.74) is -0.375. The van der Waals surface area contributed by atoms with Crippen molar-refractivity contribution in [3.05, 3.63) is 12.2 Å². The summed E-state index contributed by atoms with van der Waals surface area (Å²) in [6, 6.07) is 0.727. The highest BCUT2D eigenvalue weighted by Gasteiger charge is 2.39. The Kier molecular flexibility index (Phi) is 8.17. The van der Waals surface area contributed by atoms with Gasteiger partial charge in [0.05, 0.1) is 5.54 Å². The SMILES string of the molecule is CCCCC(=O)CC1(CCC[Si](OC)(OC)OC)C=CC=N1. The van der Waals surface area contributed by atoms with Gasteiger partial charge >= 0.3 is 8.80 Å². The van der Waals surface area contributed by atoms with Gasteiger partial charge in [-0.1, -0.05) is 19.4 Å². The van der Waals surface area contributed by atoms with Gasteiger partial charge in [0.2, 0.25) is 0 Å². The van der Waals surface area contributed by atoms with Crippen LogP contribution in [0.4, 0.5) is 0 Å². The minimum Gasteiger partial charge on any atom is -0.377 e. The second-order valence-corrected chi connectivity index (χ2v) is 8.80. The average molecular weight is 327 g/mol. The Labute approximate surface area is 135 Å². The van der Waals surface area contributed by atoms with Crippen LogP contribution < -0.4 is 0 Å². The second kappa shape index (κ2) is 9.35. The third-order valence-electron chi connectivity index (χ3n) is 4.16. The highest BCUT2D eigenvalue weighted by Crippen LogP contribution is 2.31. The van der Waals surface area contributed by atoms with Crippen molar-refractivity contribution in [3.8, 4) is 0 Å². The first-order valence-electron chi connectivity index (χ1n) is 7.95. The number of unbranched alkanes of at least 4 members (excludes halogenated alkanes) is 1. The third-order valence-corrected chi connectivity index (χ3v) is 6.99. The Bertz CT molecular complexity index is 385. The standard InChI is InChI=1S/C16H29NO4Si/c1-5-6-9-15(18)14-16(10-7-12-17-16)11-8-13-22(19-2,20-3)21-4/h7,10,12H,5-6,8-9,11,13-14H2,1-4H3. The predicted molar refractivity (Wildman–Crippen MR) is 90.3 cm³/mol. The van der Waals surface area contributed by atoms with E-state index in [1.54, 1.807) is 27.5 Å². The number of nitrogens with zero attached hydrogens (tertiary/aromatic N) is 1. The lowest BCUT2D eigenvalue weighted by Gasteiger charge is -2.27. The van der Waals surface area contributed by atoms with Crippen molar-refractivity contribution in [2.24, 2.45) is 4.99 Å². The van der Waals surface area contributed by atoms with E-state index in [4.69, 9.17) is 13.3 Å². The van der Waals surface area contributed by atoms with Crippen LogP contribution in [-0.2, 0) is 18.1 Å². The van der Waals surface area contributed by atoms with Gasteiger partial charge in [-0.2, -0.15) is 0 Å². The number of carbonyl (C=O) groups is 1. The van der Waals surface area contributed by atoms with Crippen molar-refractivity contribution in [3.63, 3.8) is 0 Å². The number of rotatable bonds is 12. The molecule has 1 atom stereocenters. The second-order valence-electron chi connectivity index (χ2n) is 5.71. The third kappa shape index (κ3) is 5.42. The summed E-state index contributed by atoms with van der Waals surface area (Å²) >= 11 is 0. The Morgan fingerprint density at radius 1 is 1.18 bits per heavy atom. The van der Waals surface area contributed by atoms with Gasteiger partial charge in [0.15, 0.2) is 0 Å². The maximum Gasteiger partial charge on any atom is 0.500 e. The number of Topliss-reactive ketones (excluding diaryl/α,β-unsaturated/α-hetero) is 1. The fraction of sp³-hybridized carbons (Fsp3) is 0.750. The molecular formula is C16H29NO4Si. The van der Waals surface area contributed by atoms with Gasteiger partial charge in [-0.15, -0.1) is 0 Å². The van der Waals surface area contributed by atoms with Crippen LogP contribution in [0.1, 0.15) is 45.4 Å². The molecule has 0 saturated carbocycles. The molecule has 0 N–H and O–H groups in total. The maximum absolute atomic E-state index is 12.1. The van der Waals surface area contributed by atoms with E-state index in [0.29, 0.717) is 18.6 Å². The molecule has 1 rings (SSSR count). The molecule has 1 aliphatic rings. The Morgan fingerprint density at radius 2 is 1.86 bits per heavy atom. The Hall–Kier alpha value is -0.823. The molecule has 0 amide bonds. The first-order chi connectivity index (χ1) is 10.6. The first kappa shape index (κ1) is 19.2. The molecule has 0 bridgehead atoms. The molecule has 0 spiro atoms. The largest absolute Gasteiger partial charge is 0.500 e. The first-order valence-corrected chi connectivity index (χ1v) is 9.89. The van der Waals surface area contributed by atoms with E-state index in [0.717, 1.165) is 31.7 Å². The van der Waals surface area contributed by atoms with Crippen molar-refractivity contribution in [2.75, 3.05) is 21.3 Å². The predicted octanol–water partition coefficient (Wildman–Crippen LogP) is 3.17. The zero-order valence-corrected chi connectivity index (χ0v) is 15.3. The monoisotopic (exact) mass is 327 g/mol. The fourth-order valence-corrected chi connectivity index (χ4v) is 4.49. The smallest absolute Gasteiger partial charge is 0.377 e. The molecule has 0 aromatic heterocycles. The molecule has 0 radical (unpaired) electrons. The summed E-state index contributed by atoms with van der Waals surface area (Å²) in [4.78, 5) is 16.7. The van der Waals surface area contributed by atoms with E-state index in [1.807, 2.05) is 12.2 Å². The van der Waals surface area contributed by atoms with Crippen molar-refractivity contribution < 1.29 is 18.1 Å². The molecular weight excluding hydrogens is 298 g/mol. The molecule has 126 valence electrons. The van der Waals surface area contributed by atoms with E-state index >= 15 is 0 Å². The van der Waals surface area contributed by atoms with E-state index in [9.17, 15) is 4.79 Å². The van der Waals surface area contributed by atoms with Crippen LogP contribution in [0.2, 0.25) is 6.04 Å². The van der Waals surface area contributed by atoms with Crippen molar-refractivity contribution in [1.82, 2.24) is 0 Å². The molecule has 1 aliphatic heterocycles. The fourth-order valence-electron chi connectivity index (χ4n) is 2.77. The summed E-state index contributed by atoms with van der Waals surface area (Å²) in [5.74, 6) is 0.291. The van der Waals surface area contributed by atoms with Crippen LogP contribution in [0.25, 0.3) is 0 Å². The highest BCUT2D eigenvalue weighted by molar-refractivity contribution is 6.60. The molecule has 0 saturated heterocycles. The van der Waals surface area contributed by atoms with E-state index in [-0.39, 0.29) is 5.54 Å². The molecule has 0 aromatic rings. The molecule has 6 heteroatoms. The molecule has 0 aromatic carbocycles. The number of carbonyl (C=O) groups excluding carboxylic acids is 1. The number of ketones is 1. The van der Waals surface area contributed by atoms with Crippen molar-refractivity contribution >= 4 is 20.8 Å². The zero-order chi connectivity index (χ0) is 16.5. The van der Waals surface area contributed by atoms with E-state index in [2.05, 4.69) is 11.9 Å². The summed E-state index contributed by atoms with van der Waals surface area (Å²) in [5, 5.41) is 0. The lowest BCUT2D eigenvalue weighted by Crippen LogP contribution is -2.43. The van der Waals surface area contributed by atoms with Crippen molar-refractivity contribution in [2.45, 2.75) is 57.0 Å². The summed E-state index contributed by atoms with van der Waals surface area (Å²) < 4.78 is 16.3. The quantitative estimate of drug-likeness (QED) is 0.517. The van der Waals surface area contributed by atoms with Crippen LogP contribution >= 0.6 is 0 Å². The Balaban J connectivity index is 2.56. The van der Waals surface area contributed by atoms with Crippen molar-refractivity contribution in [1.29, 1.82) is 0 Å². The van der Waals surface area contributed by atoms with Gasteiger partial charge in [-0.3, -0.25) is 9.79 Å². The molecule has 0 fully saturated rings. The summed E-state index contributed by atoms with van der Waals surface area (Å²) in [7, 11) is 2.32. The Morgan fingerprint density at radius 3 is 2.36 bits per heavy atom. The minimum atomic E-state index is -2.54. The minimum absolute atomic E-state index is 0.291. The number of allylic oxidation sites excluding steroid dienone is 1. The van der Waals surface area contributed by atoms with Gasteiger partial charge < -0.3 is 13.3 Å². The van der Waals surface area contributed by atoms with Crippen LogP contribution in [0.15, 0.2) is 17.1 Å². The van der Waals surface area contributed by atoms with Gasteiger partial charge in [0, 0.05) is 46.4 Å². The molecule has 1 unspecified atom stereocenters. The van der Waals surface area contributed by atoms with E-state index < -0.39 is 8.80 Å². The zero-order valence-electron chi connectivity index (χ0n) is 14.3. The molecule has 0 aliphatic carbocycles. The van der Waals surface area contributed by atoms with Gasteiger partial charge in [0.25, 0.3) is 0 Å². The normalized spacial score (nSPS) is 20.7. The maximum atomic E-state index is 12.1. The lowest BCUT2D eigenvalue weighted by molar-refractivity contribution is -0.120. The topological polar surface area (TPSA) is 57.1 Å². The number of hydrogen-bond acceptors (Lipinski definition) is 5. The van der Waals surface area contributed by atoms with Gasteiger partial charge in [-0.25, -0.2) is 0 Å². The summed E-state index contributed by atoms with van der Waals surface area (Å²) in [6.45, 7) is 2.10. The van der Waals surface area contributed by atoms with Gasteiger partial charge in [-0.05, 0) is 25.3 Å². The summed E-state index contributed by atoms with van der Waals surface area (Å²) in [6.07, 6.45) is 10.6. The van der Waals surface area contributed by atoms with Crippen LogP contribution in [0.3, 0.4) is 0 Å². The molecule has 22 heavy (non-hydrogen) atoms. The number of aliphatic imine (C=N–C) groups is 1. The molecule has 1 heterocycles. The van der Waals surface area contributed by atoms with E-state index in [1.165, 1.54) is 0 Å². The van der Waals surface area contributed by atoms with Crippen LogP contribution in [0.5, 0.6) is 0 Å². The number of hydrogen-bond donors (Lipinski definition) is 0. The van der Waals surface area contributed by atoms with Crippen LogP contribution in [0, 0.1) is 0 Å². The van der Waals surface area contributed by atoms with Crippen LogP contribution in [-0.4, -0.2) is 47.7 Å². The molecule has 5 nitrogen and oxygen atoms in total. The average Bonchev–Trinajstić information content (AvgIpc) is 2.98.